The molecule has 1 N–H and O–H groups in total. The van der Waals surface area contributed by atoms with E-state index in [0.29, 0.717) is 16.8 Å². The number of carbonyl (C=O) groups excluding carboxylic acids is 2. The molecule has 1 unspecified atom stereocenters. The molecular formula is C18H18F2N2O2. The van der Waals surface area contributed by atoms with Gasteiger partial charge in [0.2, 0.25) is 0 Å². The van der Waals surface area contributed by atoms with E-state index in [1.807, 2.05) is 0 Å². The van der Waals surface area contributed by atoms with Crippen LogP contribution >= 0.6 is 0 Å². The van der Waals surface area contributed by atoms with E-state index in [0.717, 1.165) is 0 Å². The maximum atomic E-state index is 12.8. The Hall–Kier alpha value is -2.63. The smallest absolute Gasteiger partial charge is 0.263 e. The first kappa shape index (κ1) is 17.7. The van der Waals surface area contributed by atoms with Crippen LogP contribution in [-0.4, -0.2) is 16.7 Å². The Bertz CT molecular complexity index is 747. The zero-order valence-electron chi connectivity index (χ0n) is 13.4. The van der Waals surface area contributed by atoms with Gasteiger partial charge < -0.3 is 5.32 Å². The number of hydrogen-bond donors (Lipinski definition) is 1. The third-order valence-electron chi connectivity index (χ3n) is 3.52. The second-order valence-electron chi connectivity index (χ2n) is 5.58. The molecule has 2 rings (SSSR count). The fraction of sp³-hybridized carbons (Fsp3) is 0.278. The van der Waals surface area contributed by atoms with Crippen LogP contribution < -0.4 is 5.32 Å². The van der Waals surface area contributed by atoms with Crippen LogP contribution in [0.3, 0.4) is 0 Å². The Labute approximate surface area is 138 Å². The summed E-state index contributed by atoms with van der Waals surface area (Å²) in [6.45, 7) is 3.17. The van der Waals surface area contributed by atoms with Crippen molar-refractivity contribution in [1.29, 1.82) is 0 Å². The van der Waals surface area contributed by atoms with Crippen LogP contribution in [-0.2, 0) is 11.2 Å². The molecule has 1 aromatic heterocycles. The molecule has 2 aromatic rings. The summed E-state index contributed by atoms with van der Waals surface area (Å²) in [5.41, 5.74) is 1.40. The van der Waals surface area contributed by atoms with E-state index in [1.165, 1.54) is 31.3 Å². The molecule has 1 atom stereocenters. The summed E-state index contributed by atoms with van der Waals surface area (Å²) in [7, 11) is 0. The topological polar surface area (TPSA) is 59.1 Å². The highest BCUT2D eigenvalue weighted by Crippen LogP contribution is 2.22. The van der Waals surface area contributed by atoms with E-state index in [-0.39, 0.29) is 23.7 Å². The SMILES string of the molecule is CC(=O)Cc1cc(C(=O)NC(C)c2cccc(C(F)F)c2)ccn1. The molecule has 0 aliphatic rings. The van der Waals surface area contributed by atoms with Crippen molar-refractivity contribution in [2.75, 3.05) is 0 Å². The van der Waals surface area contributed by atoms with Crippen LogP contribution in [0.2, 0.25) is 0 Å². The predicted octanol–water partition coefficient (Wildman–Crippen LogP) is 3.64. The Morgan fingerprint density at radius 3 is 2.54 bits per heavy atom. The van der Waals surface area contributed by atoms with Crippen LogP contribution in [0.5, 0.6) is 0 Å². The number of halogens is 2. The maximum absolute atomic E-state index is 12.8. The molecule has 1 aromatic carbocycles. The number of amides is 1. The van der Waals surface area contributed by atoms with Gasteiger partial charge in [-0.2, -0.15) is 0 Å². The molecular weight excluding hydrogens is 314 g/mol. The lowest BCUT2D eigenvalue weighted by Crippen LogP contribution is -2.27. The van der Waals surface area contributed by atoms with E-state index >= 15 is 0 Å². The van der Waals surface area contributed by atoms with Gasteiger partial charge >= 0.3 is 0 Å². The van der Waals surface area contributed by atoms with E-state index in [1.54, 1.807) is 25.1 Å². The van der Waals surface area contributed by atoms with E-state index in [4.69, 9.17) is 0 Å². The highest BCUT2D eigenvalue weighted by molar-refractivity contribution is 5.94. The maximum Gasteiger partial charge on any atom is 0.263 e. The highest BCUT2D eigenvalue weighted by atomic mass is 19.3. The lowest BCUT2D eigenvalue weighted by molar-refractivity contribution is -0.116. The van der Waals surface area contributed by atoms with E-state index in [9.17, 15) is 18.4 Å². The summed E-state index contributed by atoms with van der Waals surface area (Å²) < 4.78 is 25.5. The summed E-state index contributed by atoms with van der Waals surface area (Å²) in [4.78, 5) is 27.5. The molecule has 126 valence electrons. The molecule has 0 aliphatic carbocycles. The van der Waals surface area contributed by atoms with Gasteiger partial charge in [0, 0.05) is 29.4 Å². The first-order valence-electron chi connectivity index (χ1n) is 7.50. The number of benzene rings is 1. The lowest BCUT2D eigenvalue weighted by Gasteiger charge is -2.15. The third-order valence-corrected chi connectivity index (χ3v) is 3.52. The number of Topliss-reactive ketones (excluding diaryl/α,β-unsaturated/α-hetero) is 1. The number of aromatic nitrogens is 1. The third kappa shape index (κ3) is 4.68. The lowest BCUT2D eigenvalue weighted by atomic mass is 10.0. The van der Waals surface area contributed by atoms with Gasteiger partial charge in [0.25, 0.3) is 12.3 Å². The molecule has 24 heavy (non-hydrogen) atoms. The minimum Gasteiger partial charge on any atom is -0.346 e. The number of pyridine rings is 1. The molecule has 0 bridgehead atoms. The van der Waals surface area contributed by atoms with Crippen LogP contribution in [0.15, 0.2) is 42.6 Å². The Kier molecular flexibility index (Phi) is 5.73. The van der Waals surface area contributed by atoms with Gasteiger partial charge in [-0.3, -0.25) is 14.6 Å². The fourth-order valence-corrected chi connectivity index (χ4v) is 2.30. The van der Waals surface area contributed by atoms with Gasteiger partial charge in [0.15, 0.2) is 0 Å². The van der Waals surface area contributed by atoms with Gasteiger partial charge in [-0.05, 0) is 37.6 Å². The second-order valence-corrected chi connectivity index (χ2v) is 5.58. The molecule has 0 spiro atoms. The van der Waals surface area contributed by atoms with Gasteiger partial charge in [0.1, 0.15) is 5.78 Å². The van der Waals surface area contributed by atoms with Crippen LogP contribution in [0, 0.1) is 0 Å². The van der Waals surface area contributed by atoms with Gasteiger partial charge in [0.05, 0.1) is 6.04 Å². The van der Waals surface area contributed by atoms with Gasteiger partial charge in [-0.1, -0.05) is 18.2 Å². The Morgan fingerprint density at radius 2 is 1.88 bits per heavy atom. The molecule has 1 heterocycles. The standard InChI is InChI=1S/C18H18F2N2O2/c1-11(23)8-16-10-15(6-7-21-16)18(24)22-12(2)13-4-3-5-14(9-13)17(19)20/h3-7,9-10,12,17H,8H2,1-2H3,(H,22,24). The van der Waals surface area contributed by atoms with Crippen molar-refractivity contribution in [3.8, 4) is 0 Å². The second kappa shape index (κ2) is 7.77. The largest absolute Gasteiger partial charge is 0.346 e. The van der Waals surface area contributed by atoms with Crippen LogP contribution in [0.25, 0.3) is 0 Å². The zero-order valence-corrected chi connectivity index (χ0v) is 13.4. The first-order chi connectivity index (χ1) is 11.4. The summed E-state index contributed by atoms with van der Waals surface area (Å²) in [5, 5.41) is 2.76. The molecule has 6 heteroatoms. The number of ketones is 1. The molecule has 0 saturated heterocycles. The number of nitrogens with one attached hydrogen (secondary N) is 1. The molecule has 0 fully saturated rings. The van der Waals surface area contributed by atoms with Crippen LogP contribution in [0.1, 0.15) is 53.5 Å². The van der Waals surface area contributed by atoms with Crippen molar-refractivity contribution in [3.05, 3.63) is 65.0 Å². The average molecular weight is 332 g/mol. The van der Waals surface area contributed by atoms with E-state index < -0.39 is 12.5 Å². The van der Waals surface area contributed by atoms with Gasteiger partial charge in [-0.25, -0.2) is 8.78 Å². The molecule has 0 radical (unpaired) electrons. The molecule has 0 aliphatic heterocycles. The number of nitrogens with zero attached hydrogens (tertiary/aromatic N) is 1. The van der Waals surface area contributed by atoms with Crippen molar-refractivity contribution >= 4 is 11.7 Å². The van der Waals surface area contributed by atoms with E-state index in [2.05, 4.69) is 10.3 Å². The first-order valence-corrected chi connectivity index (χ1v) is 7.50. The van der Waals surface area contributed by atoms with Crippen molar-refractivity contribution < 1.29 is 18.4 Å². The van der Waals surface area contributed by atoms with Crippen LogP contribution in [0.4, 0.5) is 8.78 Å². The minimum absolute atomic E-state index is 0.0442. The number of alkyl halides is 2. The quantitative estimate of drug-likeness (QED) is 0.878. The monoisotopic (exact) mass is 332 g/mol. The summed E-state index contributed by atoms with van der Waals surface area (Å²) >= 11 is 0. The predicted molar refractivity (Wildman–Crippen MR) is 85.9 cm³/mol. The normalized spacial score (nSPS) is 12.0. The van der Waals surface area contributed by atoms with Gasteiger partial charge in [-0.15, -0.1) is 0 Å². The van der Waals surface area contributed by atoms with Crippen molar-refractivity contribution in [2.24, 2.45) is 0 Å². The average Bonchev–Trinajstić information content (AvgIpc) is 2.54. The van der Waals surface area contributed by atoms with Crippen molar-refractivity contribution in [2.45, 2.75) is 32.7 Å². The summed E-state index contributed by atoms with van der Waals surface area (Å²) in [6, 6.07) is 8.62. The summed E-state index contributed by atoms with van der Waals surface area (Å²) in [6.07, 6.45) is -0.926. The molecule has 1 amide bonds. The summed E-state index contributed by atoms with van der Waals surface area (Å²) in [5.74, 6) is -0.394. The van der Waals surface area contributed by atoms with Crippen molar-refractivity contribution in [1.82, 2.24) is 10.3 Å². The molecule has 0 saturated carbocycles. The fourth-order valence-electron chi connectivity index (χ4n) is 2.30. The highest BCUT2D eigenvalue weighted by Gasteiger charge is 2.14. The van der Waals surface area contributed by atoms with Crippen molar-refractivity contribution in [3.63, 3.8) is 0 Å². The number of carbonyl (C=O) groups is 2. The Morgan fingerprint density at radius 1 is 1.17 bits per heavy atom. The number of rotatable bonds is 6. The number of hydrogen-bond acceptors (Lipinski definition) is 3. The molecule has 4 nitrogen and oxygen atoms in total. The zero-order chi connectivity index (χ0) is 17.7. The minimum atomic E-state index is -2.55. The Balaban J connectivity index is 2.11.